The molecule has 82 valence electrons. The lowest BCUT2D eigenvalue weighted by molar-refractivity contribution is -0.00838. The molecule has 0 saturated carbocycles. The Labute approximate surface area is 97.6 Å². The Morgan fingerprint density at radius 2 is 2.53 bits per heavy atom. The topological polar surface area (TPSA) is 29.5 Å². The minimum absolute atomic E-state index is 0.00144. The summed E-state index contributed by atoms with van der Waals surface area (Å²) in [6.45, 7) is 2.13. The molecule has 0 spiro atoms. The van der Waals surface area contributed by atoms with Crippen molar-refractivity contribution in [1.82, 2.24) is 4.90 Å². The Morgan fingerprint density at radius 3 is 3.13 bits per heavy atom. The Morgan fingerprint density at radius 1 is 1.73 bits per heavy atom. The number of carbonyl (C=O) groups excluding carboxylic acids is 1. The molecule has 0 bridgehead atoms. The van der Waals surface area contributed by atoms with Gasteiger partial charge in [-0.2, -0.15) is 0 Å². The van der Waals surface area contributed by atoms with Crippen molar-refractivity contribution >= 4 is 28.7 Å². The molecule has 5 heteroatoms. The molecule has 0 N–H and O–H groups in total. The van der Waals surface area contributed by atoms with Crippen LogP contribution in [0.1, 0.15) is 9.67 Å². The number of nitrogens with zero attached hydrogens (tertiary/aromatic N) is 1. The molecule has 1 aliphatic heterocycles. The number of hydrogen-bond acceptors (Lipinski definition) is 4. The number of thiophene rings is 1. The number of ketones is 1. The maximum Gasteiger partial charge on any atom is 0.204 e. The SMILES string of the molecule is CN1CCOC(C(=O)c2sccc2Cl)C1. The molecule has 1 aliphatic rings. The third-order valence-electron chi connectivity index (χ3n) is 2.40. The smallest absolute Gasteiger partial charge is 0.204 e. The first-order valence-electron chi connectivity index (χ1n) is 4.76. The van der Waals surface area contributed by atoms with Gasteiger partial charge < -0.3 is 9.64 Å². The first kappa shape index (κ1) is 11.1. The molecule has 15 heavy (non-hydrogen) atoms. The van der Waals surface area contributed by atoms with Gasteiger partial charge in [0.2, 0.25) is 5.78 Å². The highest BCUT2D eigenvalue weighted by atomic mass is 35.5. The Balaban J connectivity index is 2.11. The van der Waals surface area contributed by atoms with E-state index in [-0.39, 0.29) is 11.9 Å². The highest BCUT2D eigenvalue weighted by Gasteiger charge is 2.27. The van der Waals surface area contributed by atoms with Crippen LogP contribution in [-0.2, 0) is 4.74 Å². The Kier molecular flexibility index (Phi) is 3.41. The predicted octanol–water partition coefficient (Wildman–Crippen LogP) is 1.91. The zero-order valence-electron chi connectivity index (χ0n) is 8.40. The largest absolute Gasteiger partial charge is 0.367 e. The van der Waals surface area contributed by atoms with Gasteiger partial charge in [-0.25, -0.2) is 0 Å². The lowest BCUT2D eigenvalue weighted by atomic mass is 10.1. The summed E-state index contributed by atoms with van der Waals surface area (Å²) in [6.07, 6.45) is -0.361. The summed E-state index contributed by atoms with van der Waals surface area (Å²) in [7, 11) is 1.98. The quantitative estimate of drug-likeness (QED) is 0.746. The van der Waals surface area contributed by atoms with Crippen molar-refractivity contribution in [3.05, 3.63) is 21.3 Å². The van der Waals surface area contributed by atoms with Crippen molar-refractivity contribution in [2.24, 2.45) is 0 Å². The van der Waals surface area contributed by atoms with Crippen LogP contribution in [0.5, 0.6) is 0 Å². The fraction of sp³-hybridized carbons (Fsp3) is 0.500. The van der Waals surface area contributed by atoms with Gasteiger partial charge >= 0.3 is 0 Å². The van der Waals surface area contributed by atoms with Gasteiger partial charge in [-0.3, -0.25) is 4.79 Å². The van der Waals surface area contributed by atoms with E-state index >= 15 is 0 Å². The molecule has 2 rings (SSSR count). The third kappa shape index (κ3) is 2.39. The zero-order chi connectivity index (χ0) is 10.8. The van der Waals surface area contributed by atoms with Crippen LogP contribution in [0.3, 0.4) is 0 Å². The second kappa shape index (κ2) is 4.61. The Hall–Kier alpha value is -0.420. The molecule has 1 saturated heterocycles. The first-order chi connectivity index (χ1) is 7.18. The number of Topliss-reactive ketones (excluding diaryl/α,β-unsaturated/α-hetero) is 1. The number of hydrogen-bond donors (Lipinski definition) is 0. The third-order valence-corrected chi connectivity index (χ3v) is 3.76. The maximum absolute atomic E-state index is 12.0. The van der Waals surface area contributed by atoms with Crippen molar-refractivity contribution < 1.29 is 9.53 Å². The normalized spacial score (nSPS) is 22.9. The fourth-order valence-electron chi connectivity index (χ4n) is 1.55. The minimum Gasteiger partial charge on any atom is -0.367 e. The van der Waals surface area contributed by atoms with Crippen LogP contribution in [0, 0.1) is 0 Å². The van der Waals surface area contributed by atoms with Crippen LogP contribution in [0.15, 0.2) is 11.4 Å². The van der Waals surface area contributed by atoms with Crippen LogP contribution in [0.25, 0.3) is 0 Å². The summed E-state index contributed by atoms with van der Waals surface area (Å²) < 4.78 is 5.45. The average Bonchev–Trinajstić information content (AvgIpc) is 2.63. The van der Waals surface area contributed by atoms with Crippen molar-refractivity contribution in [2.45, 2.75) is 6.10 Å². The van der Waals surface area contributed by atoms with Gasteiger partial charge in [-0.15, -0.1) is 11.3 Å². The molecule has 0 radical (unpaired) electrons. The van der Waals surface area contributed by atoms with E-state index in [4.69, 9.17) is 16.3 Å². The fourth-order valence-corrected chi connectivity index (χ4v) is 2.69. The molecule has 0 aliphatic carbocycles. The monoisotopic (exact) mass is 245 g/mol. The molecule has 2 heterocycles. The van der Waals surface area contributed by atoms with Crippen LogP contribution < -0.4 is 0 Å². The summed E-state index contributed by atoms with van der Waals surface area (Å²) in [5.74, 6) is 0.00144. The molecule has 0 aromatic carbocycles. The first-order valence-corrected chi connectivity index (χ1v) is 6.01. The van der Waals surface area contributed by atoms with Gasteiger partial charge in [0, 0.05) is 13.1 Å². The minimum atomic E-state index is -0.361. The van der Waals surface area contributed by atoms with Crippen molar-refractivity contribution in [3.8, 4) is 0 Å². The van der Waals surface area contributed by atoms with Crippen molar-refractivity contribution in [2.75, 3.05) is 26.7 Å². The zero-order valence-corrected chi connectivity index (χ0v) is 9.98. The average molecular weight is 246 g/mol. The second-order valence-corrected chi connectivity index (χ2v) is 4.91. The number of likely N-dealkylation sites (N-methyl/N-ethyl adjacent to an activating group) is 1. The number of ether oxygens (including phenoxy) is 1. The molecule has 1 unspecified atom stereocenters. The van der Waals surface area contributed by atoms with E-state index in [0.717, 1.165) is 6.54 Å². The molecular formula is C10H12ClNO2S. The van der Waals surface area contributed by atoms with Gasteiger partial charge in [0.1, 0.15) is 6.10 Å². The second-order valence-electron chi connectivity index (χ2n) is 3.58. The molecule has 3 nitrogen and oxygen atoms in total. The number of morpholine rings is 1. The van der Waals surface area contributed by atoms with Gasteiger partial charge in [-0.1, -0.05) is 11.6 Å². The predicted molar refractivity (Wildman–Crippen MR) is 60.9 cm³/mol. The van der Waals surface area contributed by atoms with Crippen LogP contribution in [0.4, 0.5) is 0 Å². The van der Waals surface area contributed by atoms with E-state index < -0.39 is 0 Å². The van der Waals surface area contributed by atoms with Gasteiger partial charge in [0.15, 0.2) is 0 Å². The molecule has 1 atom stereocenters. The Bertz CT molecular complexity index is 366. The number of carbonyl (C=O) groups is 1. The summed E-state index contributed by atoms with van der Waals surface area (Å²) in [6, 6.07) is 1.74. The number of rotatable bonds is 2. The lowest BCUT2D eigenvalue weighted by Gasteiger charge is -2.28. The molecule has 0 amide bonds. The van der Waals surface area contributed by atoms with Crippen molar-refractivity contribution in [1.29, 1.82) is 0 Å². The molecule has 1 aromatic rings. The van der Waals surface area contributed by atoms with E-state index in [0.29, 0.717) is 23.1 Å². The molecular weight excluding hydrogens is 234 g/mol. The van der Waals surface area contributed by atoms with Gasteiger partial charge in [0.05, 0.1) is 16.5 Å². The van der Waals surface area contributed by atoms with Gasteiger partial charge in [-0.05, 0) is 18.5 Å². The standard InChI is InChI=1S/C10H12ClNO2S/c1-12-3-4-14-8(6-12)9(13)10-7(11)2-5-15-10/h2,5,8H,3-4,6H2,1H3. The summed E-state index contributed by atoms with van der Waals surface area (Å²) in [4.78, 5) is 14.7. The highest BCUT2D eigenvalue weighted by Crippen LogP contribution is 2.24. The van der Waals surface area contributed by atoms with E-state index in [1.807, 2.05) is 12.4 Å². The summed E-state index contributed by atoms with van der Waals surface area (Å²) in [5.41, 5.74) is 0. The maximum atomic E-state index is 12.0. The van der Waals surface area contributed by atoms with E-state index in [2.05, 4.69) is 4.90 Å². The number of halogens is 1. The van der Waals surface area contributed by atoms with Crippen LogP contribution in [-0.4, -0.2) is 43.5 Å². The van der Waals surface area contributed by atoms with Crippen molar-refractivity contribution in [3.63, 3.8) is 0 Å². The molecule has 1 aromatic heterocycles. The van der Waals surface area contributed by atoms with Crippen LogP contribution >= 0.6 is 22.9 Å². The lowest BCUT2D eigenvalue weighted by Crippen LogP contribution is -2.43. The summed E-state index contributed by atoms with van der Waals surface area (Å²) >= 11 is 7.28. The van der Waals surface area contributed by atoms with Gasteiger partial charge in [0.25, 0.3) is 0 Å². The molecule has 1 fully saturated rings. The van der Waals surface area contributed by atoms with Crippen LogP contribution in [0.2, 0.25) is 5.02 Å². The summed E-state index contributed by atoms with van der Waals surface area (Å²) in [5, 5.41) is 2.35. The highest BCUT2D eigenvalue weighted by molar-refractivity contribution is 7.12. The van der Waals surface area contributed by atoms with E-state index in [1.54, 1.807) is 6.07 Å². The van der Waals surface area contributed by atoms with E-state index in [9.17, 15) is 4.79 Å². The van der Waals surface area contributed by atoms with E-state index in [1.165, 1.54) is 11.3 Å².